The number of imidazole rings is 1. The third kappa shape index (κ3) is 2.14. The minimum Gasteiger partial charge on any atom is -0.478 e. The lowest BCUT2D eigenvalue weighted by Crippen LogP contribution is -1.97. The molecule has 100 valence electrons. The van der Waals surface area contributed by atoms with E-state index in [9.17, 15) is 4.79 Å². The SMILES string of the molecule is Cc1ccc(Cl)cc1-c1cn2cc(C(=O)O)ccc2n1. The summed E-state index contributed by atoms with van der Waals surface area (Å²) in [5.41, 5.74) is 3.70. The Morgan fingerprint density at radius 2 is 2.05 bits per heavy atom. The van der Waals surface area contributed by atoms with Crippen molar-refractivity contribution >= 4 is 23.2 Å². The molecule has 4 nitrogen and oxygen atoms in total. The van der Waals surface area contributed by atoms with Gasteiger partial charge in [-0.15, -0.1) is 0 Å². The van der Waals surface area contributed by atoms with Crippen molar-refractivity contribution in [3.8, 4) is 11.3 Å². The van der Waals surface area contributed by atoms with Crippen molar-refractivity contribution in [3.05, 3.63) is 58.9 Å². The molecule has 3 rings (SSSR count). The van der Waals surface area contributed by atoms with Gasteiger partial charge < -0.3 is 9.51 Å². The van der Waals surface area contributed by atoms with Crippen LogP contribution in [0.3, 0.4) is 0 Å². The normalized spacial score (nSPS) is 10.9. The van der Waals surface area contributed by atoms with E-state index in [4.69, 9.17) is 16.7 Å². The maximum atomic E-state index is 11.0. The molecule has 3 aromatic rings. The van der Waals surface area contributed by atoms with Crippen LogP contribution < -0.4 is 0 Å². The number of aryl methyl sites for hydroxylation is 1. The van der Waals surface area contributed by atoms with Gasteiger partial charge in [0.15, 0.2) is 0 Å². The fourth-order valence-corrected chi connectivity index (χ4v) is 2.29. The summed E-state index contributed by atoms with van der Waals surface area (Å²) in [5.74, 6) is -0.957. The van der Waals surface area contributed by atoms with Crippen molar-refractivity contribution in [2.24, 2.45) is 0 Å². The summed E-state index contributed by atoms with van der Waals surface area (Å²) in [6.07, 6.45) is 3.36. The molecule has 0 atom stereocenters. The predicted octanol–water partition coefficient (Wildman–Crippen LogP) is 3.66. The van der Waals surface area contributed by atoms with Crippen molar-refractivity contribution < 1.29 is 9.90 Å². The topological polar surface area (TPSA) is 54.6 Å². The summed E-state index contributed by atoms with van der Waals surface area (Å²) in [6.45, 7) is 1.98. The van der Waals surface area contributed by atoms with Crippen LogP contribution in [0.2, 0.25) is 5.02 Å². The number of aromatic carboxylic acids is 1. The van der Waals surface area contributed by atoms with Crippen molar-refractivity contribution in [1.82, 2.24) is 9.38 Å². The van der Waals surface area contributed by atoms with Crippen LogP contribution in [0.1, 0.15) is 15.9 Å². The number of nitrogens with zero attached hydrogens (tertiary/aromatic N) is 2. The summed E-state index contributed by atoms with van der Waals surface area (Å²) in [5, 5.41) is 9.64. The fraction of sp³-hybridized carbons (Fsp3) is 0.0667. The molecule has 2 aromatic heterocycles. The van der Waals surface area contributed by atoms with Gasteiger partial charge in [0.05, 0.1) is 11.3 Å². The third-order valence-electron chi connectivity index (χ3n) is 3.17. The molecule has 0 saturated heterocycles. The number of aromatic nitrogens is 2. The first kappa shape index (κ1) is 12.7. The van der Waals surface area contributed by atoms with Gasteiger partial charge in [0.1, 0.15) is 5.65 Å². The van der Waals surface area contributed by atoms with E-state index in [-0.39, 0.29) is 5.56 Å². The molecule has 20 heavy (non-hydrogen) atoms. The highest BCUT2D eigenvalue weighted by molar-refractivity contribution is 6.30. The van der Waals surface area contributed by atoms with Crippen molar-refractivity contribution in [1.29, 1.82) is 0 Å². The molecule has 0 aliphatic heterocycles. The van der Waals surface area contributed by atoms with Crippen molar-refractivity contribution in [3.63, 3.8) is 0 Å². The number of benzene rings is 1. The second-order valence-corrected chi connectivity index (χ2v) is 5.01. The Morgan fingerprint density at radius 3 is 2.80 bits per heavy atom. The summed E-state index contributed by atoms with van der Waals surface area (Å²) in [4.78, 5) is 15.5. The van der Waals surface area contributed by atoms with E-state index >= 15 is 0 Å². The lowest BCUT2D eigenvalue weighted by Gasteiger charge is -2.02. The first-order valence-corrected chi connectivity index (χ1v) is 6.41. The molecular formula is C15H11ClN2O2. The van der Waals surface area contributed by atoms with Gasteiger partial charge in [-0.05, 0) is 36.8 Å². The molecule has 0 bridgehead atoms. The Morgan fingerprint density at radius 1 is 1.25 bits per heavy atom. The van der Waals surface area contributed by atoms with Gasteiger partial charge in [-0.2, -0.15) is 0 Å². The predicted molar refractivity (Wildman–Crippen MR) is 77.3 cm³/mol. The smallest absolute Gasteiger partial charge is 0.337 e. The number of carboxylic acids is 1. The Hall–Kier alpha value is -2.33. The van der Waals surface area contributed by atoms with Gasteiger partial charge in [0, 0.05) is 23.0 Å². The van der Waals surface area contributed by atoms with Crippen LogP contribution in [-0.2, 0) is 0 Å². The number of carbonyl (C=O) groups is 1. The summed E-state index contributed by atoms with van der Waals surface area (Å²) in [6, 6.07) is 8.85. The van der Waals surface area contributed by atoms with E-state index < -0.39 is 5.97 Å². The second-order valence-electron chi connectivity index (χ2n) is 4.57. The number of halogens is 1. The number of rotatable bonds is 2. The summed E-state index contributed by atoms with van der Waals surface area (Å²) < 4.78 is 1.71. The van der Waals surface area contributed by atoms with Crippen LogP contribution in [-0.4, -0.2) is 20.5 Å². The lowest BCUT2D eigenvalue weighted by atomic mass is 10.1. The zero-order chi connectivity index (χ0) is 14.3. The van der Waals surface area contributed by atoms with Crippen LogP contribution in [0.25, 0.3) is 16.9 Å². The van der Waals surface area contributed by atoms with Gasteiger partial charge in [-0.25, -0.2) is 9.78 Å². The Bertz CT molecular complexity index is 824. The lowest BCUT2D eigenvalue weighted by molar-refractivity contribution is 0.0696. The number of hydrogen-bond acceptors (Lipinski definition) is 2. The third-order valence-corrected chi connectivity index (χ3v) is 3.41. The molecule has 0 aliphatic rings. The molecule has 0 aliphatic carbocycles. The first-order chi connectivity index (χ1) is 9.54. The number of fused-ring (bicyclic) bond motifs is 1. The quantitative estimate of drug-likeness (QED) is 0.782. The largest absolute Gasteiger partial charge is 0.478 e. The van der Waals surface area contributed by atoms with Gasteiger partial charge in [0.25, 0.3) is 0 Å². The zero-order valence-corrected chi connectivity index (χ0v) is 11.4. The van der Waals surface area contributed by atoms with E-state index in [1.807, 2.05) is 25.1 Å². The van der Waals surface area contributed by atoms with E-state index in [2.05, 4.69) is 4.98 Å². The average molecular weight is 287 g/mol. The van der Waals surface area contributed by atoms with Crippen LogP contribution in [0.4, 0.5) is 0 Å². The number of hydrogen-bond donors (Lipinski definition) is 1. The monoisotopic (exact) mass is 286 g/mol. The van der Waals surface area contributed by atoms with E-state index in [1.54, 1.807) is 28.9 Å². The average Bonchev–Trinajstić information content (AvgIpc) is 2.83. The molecular weight excluding hydrogens is 276 g/mol. The zero-order valence-electron chi connectivity index (χ0n) is 10.7. The fourth-order valence-electron chi connectivity index (χ4n) is 2.12. The van der Waals surface area contributed by atoms with Crippen LogP contribution >= 0.6 is 11.6 Å². The Balaban J connectivity index is 2.17. The molecule has 5 heteroatoms. The molecule has 0 spiro atoms. The van der Waals surface area contributed by atoms with E-state index in [0.29, 0.717) is 10.7 Å². The molecule has 0 amide bonds. The standard InChI is InChI=1S/C15H11ClN2O2/c1-9-2-4-11(16)6-12(9)13-8-18-7-10(15(19)20)3-5-14(18)17-13/h2-8H,1H3,(H,19,20). The van der Waals surface area contributed by atoms with E-state index in [1.165, 1.54) is 0 Å². The van der Waals surface area contributed by atoms with Crippen molar-refractivity contribution in [2.75, 3.05) is 0 Å². The minimum absolute atomic E-state index is 0.226. The number of carboxylic acid groups (broad SMARTS) is 1. The highest BCUT2D eigenvalue weighted by atomic mass is 35.5. The highest BCUT2D eigenvalue weighted by Gasteiger charge is 2.10. The van der Waals surface area contributed by atoms with Gasteiger partial charge in [0.2, 0.25) is 0 Å². The molecule has 0 unspecified atom stereocenters. The maximum absolute atomic E-state index is 11.0. The van der Waals surface area contributed by atoms with Gasteiger partial charge in [-0.3, -0.25) is 0 Å². The molecule has 1 N–H and O–H groups in total. The highest BCUT2D eigenvalue weighted by Crippen LogP contribution is 2.26. The van der Waals surface area contributed by atoms with Gasteiger partial charge >= 0.3 is 5.97 Å². The molecule has 0 fully saturated rings. The Labute approximate surface area is 120 Å². The van der Waals surface area contributed by atoms with Crippen LogP contribution in [0, 0.1) is 6.92 Å². The maximum Gasteiger partial charge on any atom is 0.337 e. The second kappa shape index (κ2) is 4.65. The molecule has 0 radical (unpaired) electrons. The van der Waals surface area contributed by atoms with Gasteiger partial charge in [-0.1, -0.05) is 17.7 Å². The minimum atomic E-state index is -0.957. The Kier molecular flexibility index (Phi) is 2.95. The van der Waals surface area contributed by atoms with Crippen LogP contribution in [0.5, 0.6) is 0 Å². The first-order valence-electron chi connectivity index (χ1n) is 6.03. The molecule has 0 saturated carbocycles. The molecule has 1 aromatic carbocycles. The molecule has 2 heterocycles. The van der Waals surface area contributed by atoms with Crippen LogP contribution in [0.15, 0.2) is 42.7 Å². The summed E-state index contributed by atoms with van der Waals surface area (Å²) >= 11 is 6.02. The number of pyridine rings is 1. The summed E-state index contributed by atoms with van der Waals surface area (Å²) in [7, 11) is 0. The van der Waals surface area contributed by atoms with Crippen molar-refractivity contribution in [2.45, 2.75) is 6.92 Å². The van der Waals surface area contributed by atoms with E-state index in [0.717, 1.165) is 16.8 Å².